The summed E-state index contributed by atoms with van der Waals surface area (Å²) in [6.45, 7) is 6.87. The summed E-state index contributed by atoms with van der Waals surface area (Å²) in [7, 11) is 1.76. The van der Waals surface area contributed by atoms with Crippen molar-refractivity contribution in [1.82, 2.24) is 5.32 Å². The smallest absolute Gasteiger partial charge is 0.0652 e. The van der Waals surface area contributed by atoms with Gasteiger partial charge in [-0.05, 0) is 13.3 Å². The van der Waals surface area contributed by atoms with Gasteiger partial charge in [-0.3, -0.25) is 0 Å². The van der Waals surface area contributed by atoms with Crippen LogP contribution in [0.5, 0.6) is 0 Å². The van der Waals surface area contributed by atoms with Crippen LogP contribution in [0, 0.1) is 5.41 Å². The maximum atomic E-state index is 9.12. The topological polar surface area (TPSA) is 41.5 Å². The third-order valence-electron chi connectivity index (χ3n) is 3.12. The van der Waals surface area contributed by atoms with E-state index in [1.54, 1.807) is 14.0 Å². The fourth-order valence-corrected chi connectivity index (χ4v) is 1.94. The molecule has 13 heavy (non-hydrogen) atoms. The molecule has 0 heterocycles. The number of aliphatic hydroxyl groups excluding tert-OH is 1. The minimum atomic E-state index is -0.266. The largest absolute Gasteiger partial charge is 0.392 e. The average Bonchev–Trinajstić information content (AvgIpc) is 2.02. The highest BCUT2D eigenvalue weighted by Crippen LogP contribution is 2.42. The van der Waals surface area contributed by atoms with Crippen molar-refractivity contribution in [3.63, 3.8) is 0 Å². The van der Waals surface area contributed by atoms with Gasteiger partial charge in [0, 0.05) is 25.1 Å². The number of methoxy groups -OCH3 is 1. The van der Waals surface area contributed by atoms with Crippen LogP contribution < -0.4 is 5.32 Å². The van der Waals surface area contributed by atoms with Crippen molar-refractivity contribution in [3.05, 3.63) is 0 Å². The Morgan fingerprint density at radius 3 is 2.62 bits per heavy atom. The maximum absolute atomic E-state index is 9.12. The highest BCUT2D eigenvalue weighted by molar-refractivity contribution is 5.02. The molecule has 78 valence electrons. The van der Waals surface area contributed by atoms with Crippen LogP contribution in [0.2, 0.25) is 0 Å². The van der Waals surface area contributed by atoms with Crippen LogP contribution in [0.25, 0.3) is 0 Å². The van der Waals surface area contributed by atoms with Crippen molar-refractivity contribution in [2.24, 2.45) is 5.41 Å². The maximum Gasteiger partial charge on any atom is 0.0652 e. The third-order valence-corrected chi connectivity index (χ3v) is 3.12. The minimum Gasteiger partial charge on any atom is -0.392 e. The molecule has 3 atom stereocenters. The first-order chi connectivity index (χ1) is 5.98. The van der Waals surface area contributed by atoms with Crippen molar-refractivity contribution in [2.75, 3.05) is 13.7 Å². The summed E-state index contributed by atoms with van der Waals surface area (Å²) in [5.41, 5.74) is 0.198. The van der Waals surface area contributed by atoms with Gasteiger partial charge in [-0.25, -0.2) is 0 Å². The van der Waals surface area contributed by atoms with Gasteiger partial charge < -0.3 is 15.2 Å². The number of hydrogen-bond donors (Lipinski definition) is 2. The SMILES string of the molecule is COC1CC(NCC(C)O)C1(C)C. The average molecular weight is 187 g/mol. The Balaban J connectivity index is 2.31. The van der Waals surface area contributed by atoms with E-state index >= 15 is 0 Å². The molecule has 0 aliphatic heterocycles. The summed E-state index contributed by atoms with van der Waals surface area (Å²) in [6.07, 6.45) is 1.15. The molecule has 1 aliphatic rings. The van der Waals surface area contributed by atoms with Crippen LogP contribution in [0.4, 0.5) is 0 Å². The molecule has 1 aliphatic carbocycles. The van der Waals surface area contributed by atoms with Crippen LogP contribution in [-0.2, 0) is 4.74 Å². The van der Waals surface area contributed by atoms with Crippen LogP contribution >= 0.6 is 0 Å². The van der Waals surface area contributed by atoms with Gasteiger partial charge in [0.05, 0.1) is 12.2 Å². The molecule has 0 amide bonds. The van der Waals surface area contributed by atoms with Gasteiger partial charge >= 0.3 is 0 Å². The van der Waals surface area contributed by atoms with Crippen LogP contribution in [-0.4, -0.2) is 37.0 Å². The van der Waals surface area contributed by atoms with Gasteiger partial charge in [0.25, 0.3) is 0 Å². The van der Waals surface area contributed by atoms with E-state index in [2.05, 4.69) is 19.2 Å². The molecule has 1 rings (SSSR count). The molecule has 0 aromatic carbocycles. The predicted molar refractivity (Wildman–Crippen MR) is 52.7 cm³/mol. The highest BCUT2D eigenvalue weighted by Gasteiger charge is 2.48. The van der Waals surface area contributed by atoms with E-state index in [9.17, 15) is 0 Å². The lowest BCUT2D eigenvalue weighted by atomic mass is 9.64. The van der Waals surface area contributed by atoms with Crippen molar-refractivity contribution in [1.29, 1.82) is 0 Å². The van der Waals surface area contributed by atoms with E-state index in [1.807, 2.05) is 0 Å². The van der Waals surface area contributed by atoms with E-state index in [1.165, 1.54) is 0 Å². The normalized spacial score (nSPS) is 33.9. The van der Waals surface area contributed by atoms with Crippen LogP contribution in [0.1, 0.15) is 27.2 Å². The Morgan fingerprint density at radius 1 is 1.62 bits per heavy atom. The van der Waals surface area contributed by atoms with Crippen molar-refractivity contribution >= 4 is 0 Å². The van der Waals surface area contributed by atoms with Crippen molar-refractivity contribution in [3.8, 4) is 0 Å². The summed E-state index contributed by atoms with van der Waals surface area (Å²) >= 11 is 0. The predicted octanol–water partition coefficient (Wildman–Crippen LogP) is 0.770. The van der Waals surface area contributed by atoms with E-state index in [0.29, 0.717) is 18.7 Å². The van der Waals surface area contributed by atoms with E-state index in [-0.39, 0.29) is 11.5 Å². The second-order valence-corrected chi connectivity index (χ2v) is 4.59. The van der Waals surface area contributed by atoms with Gasteiger partial charge in [-0.15, -0.1) is 0 Å². The quantitative estimate of drug-likeness (QED) is 0.683. The summed E-state index contributed by atoms with van der Waals surface area (Å²) in [5, 5.41) is 12.5. The Labute approximate surface area is 80.5 Å². The number of aliphatic hydroxyl groups is 1. The summed E-state index contributed by atoms with van der Waals surface area (Å²) < 4.78 is 5.34. The summed E-state index contributed by atoms with van der Waals surface area (Å²) in [4.78, 5) is 0. The molecule has 2 N–H and O–H groups in total. The summed E-state index contributed by atoms with van der Waals surface area (Å²) in [6, 6.07) is 0.479. The zero-order valence-electron chi connectivity index (χ0n) is 9.00. The van der Waals surface area contributed by atoms with Crippen molar-refractivity contribution < 1.29 is 9.84 Å². The molecule has 3 nitrogen and oxygen atoms in total. The molecule has 1 saturated carbocycles. The molecule has 0 spiro atoms. The zero-order valence-corrected chi connectivity index (χ0v) is 9.00. The van der Waals surface area contributed by atoms with E-state index < -0.39 is 0 Å². The number of hydrogen-bond acceptors (Lipinski definition) is 3. The number of ether oxygens (including phenoxy) is 1. The van der Waals surface area contributed by atoms with Gasteiger partial charge in [0.1, 0.15) is 0 Å². The molecule has 0 bridgehead atoms. The zero-order chi connectivity index (χ0) is 10.1. The summed E-state index contributed by atoms with van der Waals surface area (Å²) in [5.74, 6) is 0. The molecule has 0 radical (unpaired) electrons. The lowest BCUT2D eigenvalue weighted by Crippen LogP contribution is -2.61. The van der Waals surface area contributed by atoms with Gasteiger partial charge in [0.15, 0.2) is 0 Å². The fraction of sp³-hybridized carbons (Fsp3) is 1.00. The molecule has 0 saturated heterocycles. The van der Waals surface area contributed by atoms with Gasteiger partial charge in [0.2, 0.25) is 0 Å². The van der Waals surface area contributed by atoms with Gasteiger partial charge in [-0.2, -0.15) is 0 Å². The first kappa shape index (κ1) is 11.0. The minimum absolute atomic E-state index is 0.198. The van der Waals surface area contributed by atoms with E-state index in [0.717, 1.165) is 6.42 Å². The monoisotopic (exact) mass is 187 g/mol. The standard InChI is InChI=1S/C10H21NO2/c1-7(12)6-11-8-5-9(13-4)10(8,2)3/h7-9,11-12H,5-6H2,1-4H3. The number of nitrogens with one attached hydrogen (secondary N) is 1. The second-order valence-electron chi connectivity index (χ2n) is 4.59. The Kier molecular flexibility index (Phi) is 3.33. The molecule has 1 fully saturated rings. The first-order valence-electron chi connectivity index (χ1n) is 4.92. The molecular weight excluding hydrogens is 166 g/mol. The lowest BCUT2D eigenvalue weighted by Gasteiger charge is -2.51. The van der Waals surface area contributed by atoms with Crippen LogP contribution in [0.15, 0.2) is 0 Å². The Morgan fingerprint density at radius 2 is 2.23 bits per heavy atom. The molecule has 0 aromatic rings. The highest BCUT2D eigenvalue weighted by atomic mass is 16.5. The van der Waals surface area contributed by atoms with Gasteiger partial charge in [-0.1, -0.05) is 13.8 Å². The third kappa shape index (κ3) is 2.22. The fourth-order valence-electron chi connectivity index (χ4n) is 1.94. The Hall–Kier alpha value is -0.120. The molecular formula is C10H21NO2. The first-order valence-corrected chi connectivity index (χ1v) is 4.92. The molecule has 3 unspecified atom stereocenters. The Bertz CT molecular complexity index is 168. The van der Waals surface area contributed by atoms with Crippen molar-refractivity contribution in [2.45, 2.75) is 45.4 Å². The van der Waals surface area contributed by atoms with E-state index in [4.69, 9.17) is 9.84 Å². The second kappa shape index (κ2) is 3.95. The molecule has 0 aromatic heterocycles. The molecule has 3 heteroatoms. The number of rotatable bonds is 4. The lowest BCUT2D eigenvalue weighted by molar-refractivity contribution is -0.0989. The van der Waals surface area contributed by atoms with Crippen LogP contribution in [0.3, 0.4) is 0 Å².